The predicted molar refractivity (Wildman–Crippen MR) is 106 cm³/mol. The number of aromatic nitrogens is 2. The molecular formula is C21H23N5O2. The highest BCUT2D eigenvalue weighted by Crippen LogP contribution is 2.16. The zero-order chi connectivity index (χ0) is 19.3. The Bertz CT molecular complexity index is 915. The van der Waals surface area contributed by atoms with Crippen LogP contribution in [0.15, 0.2) is 59.3 Å². The summed E-state index contributed by atoms with van der Waals surface area (Å²) in [6.07, 6.45) is 1.61. The number of amides is 1. The summed E-state index contributed by atoms with van der Waals surface area (Å²) in [5.41, 5.74) is 1.90. The molecule has 28 heavy (non-hydrogen) atoms. The Morgan fingerprint density at radius 1 is 1.07 bits per heavy atom. The van der Waals surface area contributed by atoms with Gasteiger partial charge in [-0.2, -0.15) is 0 Å². The first kappa shape index (κ1) is 18.2. The summed E-state index contributed by atoms with van der Waals surface area (Å²) in [4.78, 5) is 21.4. The third-order valence-electron chi connectivity index (χ3n) is 4.80. The number of carbonyl (C=O) groups is 1. The fourth-order valence-electron chi connectivity index (χ4n) is 3.28. The number of rotatable bonds is 5. The third kappa shape index (κ3) is 4.37. The molecule has 0 unspecified atom stereocenters. The van der Waals surface area contributed by atoms with E-state index in [0.29, 0.717) is 17.2 Å². The van der Waals surface area contributed by atoms with Crippen LogP contribution in [0.25, 0.3) is 0 Å². The largest absolute Gasteiger partial charge is 0.360 e. The van der Waals surface area contributed by atoms with Crippen LogP contribution >= 0.6 is 0 Å². The second-order valence-electron chi connectivity index (χ2n) is 6.93. The lowest BCUT2D eigenvalue weighted by molar-refractivity contribution is 0.0628. The maximum atomic E-state index is 12.8. The predicted octanol–water partition coefficient (Wildman–Crippen LogP) is 3.08. The van der Waals surface area contributed by atoms with E-state index >= 15 is 0 Å². The summed E-state index contributed by atoms with van der Waals surface area (Å²) in [5.74, 6) is 1.97. The number of aryl methyl sites for hydroxylation is 1. The van der Waals surface area contributed by atoms with Crippen LogP contribution in [0.5, 0.6) is 0 Å². The second-order valence-corrected chi connectivity index (χ2v) is 6.93. The Morgan fingerprint density at radius 3 is 2.50 bits per heavy atom. The zero-order valence-electron chi connectivity index (χ0n) is 15.8. The molecule has 1 amide bonds. The van der Waals surface area contributed by atoms with Crippen molar-refractivity contribution in [3.8, 4) is 0 Å². The minimum absolute atomic E-state index is 0.0238. The fraction of sp³-hybridized carbons (Fsp3) is 0.286. The van der Waals surface area contributed by atoms with E-state index in [-0.39, 0.29) is 5.91 Å². The van der Waals surface area contributed by atoms with Crippen molar-refractivity contribution in [2.75, 3.05) is 31.5 Å². The van der Waals surface area contributed by atoms with Gasteiger partial charge in [0.05, 0.1) is 5.56 Å². The van der Waals surface area contributed by atoms with Crippen LogP contribution < -0.4 is 5.32 Å². The Balaban J connectivity index is 1.31. The molecule has 1 aliphatic heterocycles. The number of hydrogen-bond acceptors (Lipinski definition) is 6. The Hall–Kier alpha value is -3.19. The second kappa shape index (κ2) is 8.22. The molecule has 0 bridgehead atoms. The molecule has 7 heteroatoms. The highest BCUT2D eigenvalue weighted by atomic mass is 16.5. The number of pyridine rings is 1. The van der Waals surface area contributed by atoms with Crippen molar-refractivity contribution in [2.45, 2.75) is 13.5 Å². The SMILES string of the molecule is Cc1cc(Nc2ccc(C(=O)N3CCN(Cc4ccccc4)CC3)cn2)no1. The van der Waals surface area contributed by atoms with Crippen molar-refractivity contribution < 1.29 is 9.32 Å². The highest BCUT2D eigenvalue weighted by molar-refractivity contribution is 5.94. The molecule has 144 valence electrons. The van der Waals surface area contributed by atoms with Gasteiger partial charge in [-0.15, -0.1) is 0 Å². The van der Waals surface area contributed by atoms with E-state index in [9.17, 15) is 4.79 Å². The van der Waals surface area contributed by atoms with E-state index in [2.05, 4.69) is 44.6 Å². The Kier molecular flexibility index (Phi) is 5.34. The number of hydrogen-bond donors (Lipinski definition) is 1. The summed E-state index contributed by atoms with van der Waals surface area (Å²) >= 11 is 0. The summed E-state index contributed by atoms with van der Waals surface area (Å²) in [5, 5.41) is 6.92. The van der Waals surface area contributed by atoms with Crippen molar-refractivity contribution in [1.29, 1.82) is 0 Å². The lowest BCUT2D eigenvalue weighted by Crippen LogP contribution is -2.48. The number of anilines is 2. The maximum Gasteiger partial charge on any atom is 0.255 e. The molecule has 4 rings (SSSR count). The summed E-state index contributed by atoms with van der Waals surface area (Å²) in [6, 6.07) is 15.8. The van der Waals surface area contributed by atoms with Gasteiger partial charge in [0, 0.05) is 45.0 Å². The normalized spacial score (nSPS) is 14.8. The van der Waals surface area contributed by atoms with Crippen LogP contribution in [0.2, 0.25) is 0 Å². The molecule has 0 saturated carbocycles. The minimum Gasteiger partial charge on any atom is -0.360 e. The summed E-state index contributed by atoms with van der Waals surface area (Å²) in [7, 11) is 0. The van der Waals surface area contributed by atoms with Crippen LogP contribution in [0.4, 0.5) is 11.6 Å². The lowest BCUT2D eigenvalue weighted by atomic mass is 10.2. The molecule has 1 aromatic carbocycles. The van der Waals surface area contributed by atoms with Gasteiger partial charge in [-0.3, -0.25) is 9.69 Å². The number of piperazine rings is 1. The number of nitrogens with zero attached hydrogens (tertiary/aromatic N) is 4. The zero-order valence-corrected chi connectivity index (χ0v) is 15.8. The lowest BCUT2D eigenvalue weighted by Gasteiger charge is -2.34. The molecule has 3 heterocycles. The molecule has 1 N–H and O–H groups in total. The smallest absolute Gasteiger partial charge is 0.255 e. The van der Waals surface area contributed by atoms with Crippen LogP contribution in [0.1, 0.15) is 21.7 Å². The van der Waals surface area contributed by atoms with Gasteiger partial charge in [0.1, 0.15) is 11.6 Å². The van der Waals surface area contributed by atoms with Crippen molar-refractivity contribution in [3.63, 3.8) is 0 Å². The molecule has 1 aliphatic rings. The number of benzene rings is 1. The molecule has 2 aromatic heterocycles. The molecular weight excluding hydrogens is 354 g/mol. The molecule has 3 aromatic rings. The van der Waals surface area contributed by atoms with Crippen molar-refractivity contribution in [1.82, 2.24) is 19.9 Å². The summed E-state index contributed by atoms with van der Waals surface area (Å²) < 4.78 is 5.02. The van der Waals surface area contributed by atoms with E-state index in [1.165, 1.54) is 5.56 Å². The molecule has 0 aliphatic carbocycles. The van der Waals surface area contributed by atoms with E-state index < -0.39 is 0 Å². The average molecular weight is 377 g/mol. The van der Waals surface area contributed by atoms with E-state index in [1.54, 1.807) is 24.4 Å². The van der Waals surface area contributed by atoms with E-state index in [1.807, 2.05) is 17.9 Å². The summed E-state index contributed by atoms with van der Waals surface area (Å²) in [6.45, 7) is 5.95. The van der Waals surface area contributed by atoms with Crippen molar-refractivity contribution in [2.24, 2.45) is 0 Å². The molecule has 0 atom stereocenters. The molecule has 1 saturated heterocycles. The molecule has 7 nitrogen and oxygen atoms in total. The van der Waals surface area contributed by atoms with Crippen LogP contribution in [0, 0.1) is 6.92 Å². The molecule has 0 spiro atoms. The van der Waals surface area contributed by atoms with Crippen LogP contribution in [-0.4, -0.2) is 52.0 Å². The monoisotopic (exact) mass is 377 g/mol. The topological polar surface area (TPSA) is 74.5 Å². The quantitative estimate of drug-likeness (QED) is 0.737. The first-order valence-corrected chi connectivity index (χ1v) is 9.39. The van der Waals surface area contributed by atoms with Gasteiger partial charge in [0.15, 0.2) is 5.82 Å². The fourth-order valence-corrected chi connectivity index (χ4v) is 3.28. The van der Waals surface area contributed by atoms with Gasteiger partial charge in [-0.1, -0.05) is 35.5 Å². The third-order valence-corrected chi connectivity index (χ3v) is 4.80. The van der Waals surface area contributed by atoms with Crippen LogP contribution in [0.3, 0.4) is 0 Å². The number of carbonyl (C=O) groups excluding carboxylic acids is 1. The van der Waals surface area contributed by atoms with Crippen molar-refractivity contribution in [3.05, 3.63) is 71.6 Å². The van der Waals surface area contributed by atoms with E-state index in [4.69, 9.17) is 4.52 Å². The van der Waals surface area contributed by atoms with Crippen LogP contribution in [-0.2, 0) is 6.54 Å². The van der Waals surface area contributed by atoms with Crippen molar-refractivity contribution >= 4 is 17.5 Å². The average Bonchev–Trinajstić information content (AvgIpc) is 3.14. The maximum absolute atomic E-state index is 12.8. The first-order chi connectivity index (χ1) is 13.7. The molecule has 0 radical (unpaired) electrons. The van der Waals surface area contributed by atoms with Gasteiger partial charge in [-0.25, -0.2) is 4.98 Å². The minimum atomic E-state index is 0.0238. The Morgan fingerprint density at radius 2 is 1.86 bits per heavy atom. The van der Waals surface area contributed by atoms with Gasteiger partial charge in [0.2, 0.25) is 0 Å². The standard InChI is InChI=1S/C21H23N5O2/c1-16-13-20(24-28-16)23-19-8-7-18(14-22-19)21(27)26-11-9-25(10-12-26)15-17-5-3-2-4-6-17/h2-8,13-14H,9-12,15H2,1H3,(H,22,23,24). The molecule has 1 fully saturated rings. The van der Waals surface area contributed by atoms with Gasteiger partial charge in [-0.05, 0) is 24.6 Å². The van der Waals surface area contributed by atoms with Gasteiger partial charge < -0.3 is 14.7 Å². The first-order valence-electron chi connectivity index (χ1n) is 9.39. The Labute approximate surface area is 164 Å². The van der Waals surface area contributed by atoms with Gasteiger partial charge >= 0.3 is 0 Å². The van der Waals surface area contributed by atoms with E-state index in [0.717, 1.165) is 38.5 Å². The van der Waals surface area contributed by atoms with Gasteiger partial charge in [0.25, 0.3) is 5.91 Å². The number of nitrogens with one attached hydrogen (secondary N) is 1. The highest BCUT2D eigenvalue weighted by Gasteiger charge is 2.22.